The molecule has 0 unspecified atom stereocenters. The highest BCUT2D eigenvalue weighted by molar-refractivity contribution is 7.19. The van der Waals surface area contributed by atoms with Crippen LogP contribution >= 0.6 is 22.9 Å². The largest absolute Gasteiger partial charge is 0.453 e. The average molecular weight is 427 g/mol. The van der Waals surface area contributed by atoms with Gasteiger partial charge in [-0.3, -0.25) is 14.7 Å². The van der Waals surface area contributed by atoms with E-state index < -0.39 is 6.09 Å². The van der Waals surface area contributed by atoms with Crippen molar-refractivity contribution in [1.82, 2.24) is 14.5 Å². The lowest BCUT2D eigenvalue weighted by atomic mass is 10.2. The van der Waals surface area contributed by atoms with Crippen LogP contribution < -0.4 is 10.9 Å². The van der Waals surface area contributed by atoms with Gasteiger partial charge in [-0.25, -0.2) is 14.8 Å². The van der Waals surface area contributed by atoms with Gasteiger partial charge < -0.3 is 4.74 Å². The van der Waals surface area contributed by atoms with Crippen LogP contribution in [0, 0.1) is 6.92 Å². The second kappa shape index (κ2) is 7.65. The summed E-state index contributed by atoms with van der Waals surface area (Å²) in [4.78, 5) is 34.6. The minimum atomic E-state index is -0.625. The summed E-state index contributed by atoms with van der Waals surface area (Å²) in [5.41, 5.74) is 1.45. The van der Waals surface area contributed by atoms with Crippen LogP contribution in [0.25, 0.3) is 27.3 Å². The zero-order valence-electron chi connectivity index (χ0n) is 15.5. The molecule has 0 aliphatic heterocycles. The Morgan fingerprint density at radius 1 is 1.14 bits per heavy atom. The molecule has 0 bridgehead atoms. The number of carbonyl (C=O) groups excluding carboxylic acids is 1. The second-order valence-corrected chi connectivity index (χ2v) is 7.50. The maximum absolute atomic E-state index is 13.4. The van der Waals surface area contributed by atoms with Gasteiger partial charge in [-0.1, -0.05) is 47.2 Å². The summed E-state index contributed by atoms with van der Waals surface area (Å²) in [6.07, 6.45) is -0.625. The van der Waals surface area contributed by atoms with Crippen molar-refractivity contribution in [2.75, 3.05) is 12.4 Å². The smallest absolute Gasteiger partial charge is 0.413 e. The normalized spacial score (nSPS) is 10.9. The van der Waals surface area contributed by atoms with Crippen molar-refractivity contribution < 1.29 is 9.53 Å². The molecule has 1 N–H and O–H groups in total. The Morgan fingerprint density at radius 2 is 1.86 bits per heavy atom. The van der Waals surface area contributed by atoms with E-state index in [-0.39, 0.29) is 5.56 Å². The molecule has 4 rings (SSSR count). The van der Waals surface area contributed by atoms with E-state index in [9.17, 15) is 9.59 Å². The van der Waals surface area contributed by atoms with Crippen molar-refractivity contribution in [2.24, 2.45) is 0 Å². The van der Waals surface area contributed by atoms with Gasteiger partial charge in [0.1, 0.15) is 0 Å². The third-order valence-electron chi connectivity index (χ3n) is 4.26. The van der Waals surface area contributed by atoms with Crippen LogP contribution in [0.15, 0.2) is 53.3 Å². The third kappa shape index (κ3) is 3.48. The fourth-order valence-corrected chi connectivity index (χ4v) is 4.09. The molecule has 29 heavy (non-hydrogen) atoms. The summed E-state index contributed by atoms with van der Waals surface area (Å²) in [6, 6.07) is 14.2. The first-order valence-electron chi connectivity index (χ1n) is 8.59. The first kappa shape index (κ1) is 19.1. The van der Waals surface area contributed by atoms with Crippen molar-refractivity contribution in [1.29, 1.82) is 0 Å². The van der Waals surface area contributed by atoms with E-state index in [1.165, 1.54) is 23.0 Å². The maximum atomic E-state index is 13.4. The number of hydrogen-bond donors (Lipinski definition) is 1. The summed E-state index contributed by atoms with van der Waals surface area (Å²) in [6.45, 7) is 1.78. The van der Waals surface area contributed by atoms with Crippen LogP contribution in [-0.4, -0.2) is 27.7 Å². The van der Waals surface area contributed by atoms with Crippen molar-refractivity contribution in [3.8, 4) is 16.4 Å². The molecule has 146 valence electrons. The number of thiazole rings is 1. The van der Waals surface area contributed by atoms with Crippen LogP contribution in [0.1, 0.15) is 5.69 Å². The predicted octanol–water partition coefficient (Wildman–Crippen LogP) is 4.65. The number of halogens is 1. The summed E-state index contributed by atoms with van der Waals surface area (Å²) in [7, 11) is 1.27. The van der Waals surface area contributed by atoms with Crippen LogP contribution in [0.5, 0.6) is 0 Å². The Kier molecular flexibility index (Phi) is 5.04. The molecule has 4 aromatic rings. The summed E-state index contributed by atoms with van der Waals surface area (Å²) in [5.74, 6) is 0.398. The van der Waals surface area contributed by atoms with Gasteiger partial charge in [-0.2, -0.15) is 0 Å². The van der Waals surface area contributed by atoms with E-state index >= 15 is 0 Å². The molecule has 2 aromatic carbocycles. The molecule has 0 radical (unpaired) electrons. The number of anilines is 1. The predicted molar refractivity (Wildman–Crippen MR) is 114 cm³/mol. The maximum Gasteiger partial charge on any atom is 0.413 e. The Morgan fingerprint density at radius 3 is 2.62 bits per heavy atom. The molecule has 0 spiro atoms. The third-order valence-corrected chi connectivity index (χ3v) is 5.65. The average Bonchev–Trinajstić information content (AvgIpc) is 3.08. The summed E-state index contributed by atoms with van der Waals surface area (Å²) < 4.78 is 6.10. The molecule has 0 atom stereocenters. The number of rotatable bonds is 3. The number of aryl methyl sites for hydroxylation is 1. The molecule has 0 saturated heterocycles. The van der Waals surface area contributed by atoms with Gasteiger partial charge in [0.15, 0.2) is 11.0 Å². The first-order chi connectivity index (χ1) is 14.0. The van der Waals surface area contributed by atoms with Gasteiger partial charge in [0.05, 0.1) is 39.3 Å². The lowest BCUT2D eigenvalue weighted by Gasteiger charge is -2.14. The number of para-hydroxylation sites is 2. The summed E-state index contributed by atoms with van der Waals surface area (Å²) >= 11 is 7.60. The number of methoxy groups -OCH3 is 1. The quantitative estimate of drug-likeness (QED) is 0.515. The van der Waals surface area contributed by atoms with Crippen LogP contribution in [0.3, 0.4) is 0 Å². The Hall–Kier alpha value is -3.23. The fraction of sp³-hybridized carbons (Fsp3) is 0.100. The summed E-state index contributed by atoms with van der Waals surface area (Å²) in [5, 5.41) is 3.79. The van der Waals surface area contributed by atoms with Gasteiger partial charge in [-0.05, 0) is 31.2 Å². The first-order valence-corrected chi connectivity index (χ1v) is 9.78. The highest BCUT2D eigenvalue weighted by Crippen LogP contribution is 2.34. The molecule has 7 nitrogen and oxygen atoms in total. The molecular formula is C20H15ClN4O3S. The molecule has 2 heterocycles. The van der Waals surface area contributed by atoms with Gasteiger partial charge in [0.25, 0.3) is 5.56 Å². The van der Waals surface area contributed by atoms with Gasteiger partial charge in [-0.15, -0.1) is 0 Å². The van der Waals surface area contributed by atoms with E-state index in [1.54, 1.807) is 49.4 Å². The lowest BCUT2D eigenvalue weighted by Crippen LogP contribution is -2.22. The molecular weight excluding hydrogens is 412 g/mol. The fourth-order valence-electron chi connectivity index (χ4n) is 2.94. The Balaban J connectivity index is 2.02. The van der Waals surface area contributed by atoms with Gasteiger partial charge in [0, 0.05) is 0 Å². The molecule has 9 heteroatoms. The molecule has 0 aliphatic rings. The van der Waals surface area contributed by atoms with E-state index in [1.807, 2.05) is 6.07 Å². The van der Waals surface area contributed by atoms with Crippen LogP contribution in [0.2, 0.25) is 5.02 Å². The van der Waals surface area contributed by atoms with Crippen molar-refractivity contribution >= 4 is 45.1 Å². The number of nitrogens with one attached hydrogen (secondary N) is 1. The number of carbonyl (C=O) groups is 1. The van der Waals surface area contributed by atoms with Gasteiger partial charge >= 0.3 is 6.09 Å². The lowest BCUT2D eigenvalue weighted by molar-refractivity contribution is 0.187. The number of aromatic nitrogens is 3. The zero-order valence-corrected chi connectivity index (χ0v) is 17.0. The van der Waals surface area contributed by atoms with Crippen LogP contribution in [0.4, 0.5) is 9.93 Å². The SMILES string of the molecule is COC(=O)Nc1nc(C)c(-c2nc3ccccc3c(=O)n2-c2ccccc2Cl)s1. The van der Waals surface area contributed by atoms with Crippen molar-refractivity contribution in [3.63, 3.8) is 0 Å². The molecule has 0 aliphatic carbocycles. The van der Waals surface area contributed by atoms with Crippen molar-refractivity contribution in [3.05, 3.63) is 69.6 Å². The van der Waals surface area contributed by atoms with Crippen LogP contribution in [-0.2, 0) is 4.74 Å². The highest BCUT2D eigenvalue weighted by atomic mass is 35.5. The highest BCUT2D eigenvalue weighted by Gasteiger charge is 2.21. The Bertz CT molecular complexity index is 1300. The Labute approximate surface area is 174 Å². The minimum absolute atomic E-state index is 0.242. The minimum Gasteiger partial charge on any atom is -0.453 e. The number of ether oxygens (including phenoxy) is 1. The van der Waals surface area contributed by atoms with Crippen molar-refractivity contribution in [2.45, 2.75) is 6.92 Å². The number of amides is 1. The molecule has 1 amide bonds. The van der Waals surface area contributed by atoms with Gasteiger partial charge in [0.2, 0.25) is 0 Å². The number of hydrogen-bond acceptors (Lipinski definition) is 6. The molecule has 2 aromatic heterocycles. The molecule has 0 saturated carbocycles. The van der Waals surface area contributed by atoms with E-state index in [0.717, 1.165) is 0 Å². The molecule has 0 fully saturated rings. The zero-order chi connectivity index (χ0) is 20.5. The topological polar surface area (TPSA) is 86.1 Å². The number of benzene rings is 2. The monoisotopic (exact) mass is 426 g/mol. The van der Waals surface area contributed by atoms with E-state index in [0.29, 0.717) is 43.1 Å². The number of nitrogens with zero attached hydrogens (tertiary/aromatic N) is 3. The number of fused-ring (bicyclic) bond motifs is 1. The standard InChI is InChI=1S/C20H15ClN4O3S/c1-11-16(29-19(22-11)24-20(27)28-2)17-23-14-9-5-3-7-12(14)18(26)25(17)15-10-6-4-8-13(15)21/h3-10H,1-2H3,(H,22,24,27). The van der Waals surface area contributed by atoms with E-state index in [4.69, 9.17) is 16.6 Å². The second-order valence-electron chi connectivity index (χ2n) is 6.09. The van der Waals surface area contributed by atoms with E-state index in [2.05, 4.69) is 15.0 Å².